The van der Waals surface area contributed by atoms with Gasteiger partial charge in [-0.1, -0.05) is 12.1 Å². The highest BCUT2D eigenvalue weighted by Gasteiger charge is 2.28. The zero-order chi connectivity index (χ0) is 20.3. The monoisotopic (exact) mass is 406 g/mol. The Hall–Kier alpha value is -1.99. The standard InChI is InChI=1S/C21H27FN2O3S/c1-21(2,3)27-20(25)24-9-7-14(8-10-24)18-13-28-19(23-18)15-5-6-16(12-26-4)17(22)11-15/h5-6,11,13-14H,7-10,12H2,1-4H3. The molecule has 0 bridgehead atoms. The second-order valence-corrected chi connectivity index (χ2v) is 8.92. The van der Waals surface area contributed by atoms with E-state index >= 15 is 0 Å². The first-order valence-electron chi connectivity index (χ1n) is 9.48. The quantitative estimate of drug-likeness (QED) is 0.699. The van der Waals surface area contributed by atoms with E-state index in [2.05, 4.69) is 0 Å². The van der Waals surface area contributed by atoms with Crippen molar-refractivity contribution in [2.75, 3.05) is 20.2 Å². The van der Waals surface area contributed by atoms with Gasteiger partial charge in [0.2, 0.25) is 0 Å². The molecule has 28 heavy (non-hydrogen) atoms. The van der Waals surface area contributed by atoms with Gasteiger partial charge in [0.1, 0.15) is 16.4 Å². The normalized spacial score (nSPS) is 15.7. The molecular formula is C21H27FN2O3S. The van der Waals surface area contributed by atoms with Crippen LogP contribution in [-0.2, 0) is 16.1 Å². The summed E-state index contributed by atoms with van der Waals surface area (Å²) in [7, 11) is 1.55. The fourth-order valence-electron chi connectivity index (χ4n) is 3.24. The van der Waals surface area contributed by atoms with Gasteiger partial charge in [-0.05, 0) is 39.7 Å². The molecule has 152 valence electrons. The summed E-state index contributed by atoms with van der Waals surface area (Å²) < 4.78 is 24.6. The lowest BCUT2D eigenvalue weighted by molar-refractivity contribution is 0.0204. The molecule has 2 heterocycles. The summed E-state index contributed by atoms with van der Waals surface area (Å²) in [5.41, 5.74) is 1.86. The Labute approximate surface area is 169 Å². The maximum absolute atomic E-state index is 14.2. The van der Waals surface area contributed by atoms with Crippen molar-refractivity contribution in [3.8, 4) is 10.6 Å². The molecule has 0 atom stereocenters. The van der Waals surface area contributed by atoms with Crippen LogP contribution >= 0.6 is 11.3 Å². The van der Waals surface area contributed by atoms with Crippen molar-refractivity contribution in [1.82, 2.24) is 9.88 Å². The SMILES string of the molecule is COCc1ccc(-c2nc(C3CCN(C(=O)OC(C)(C)C)CC3)cs2)cc1F. The fourth-order valence-corrected chi connectivity index (χ4v) is 4.14. The number of methoxy groups -OCH3 is 1. The van der Waals surface area contributed by atoms with Gasteiger partial charge in [-0.2, -0.15) is 0 Å². The summed E-state index contributed by atoms with van der Waals surface area (Å²) in [5.74, 6) is 0.0306. The van der Waals surface area contributed by atoms with Gasteiger partial charge in [-0.25, -0.2) is 14.2 Å². The lowest BCUT2D eigenvalue weighted by atomic mass is 9.94. The van der Waals surface area contributed by atoms with Crippen LogP contribution in [0.3, 0.4) is 0 Å². The van der Waals surface area contributed by atoms with E-state index in [0.717, 1.165) is 29.1 Å². The number of piperidine rings is 1. The maximum Gasteiger partial charge on any atom is 0.410 e. The number of rotatable bonds is 4. The van der Waals surface area contributed by atoms with Gasteiger partial charge in [0.25, 0.3) is 0 Å². The van der Waals surface area contributed by atoms with Gasteiger partial charge < -0.3 is 14.4 Å². The summed E-state index contributed by atoms with van der Waals surface area (Å²) in [6.07, 6.45) is 1.45. The molecular weight excluding hydrogens is 379 g/mol. The van der Waals surface area contributed by atoms with Crippen LogP contribution in [0.5, 0.6) is 0 Å². The molecule has 1 amide bonds. The van der Waals surface area contributed by atoms with Crippen molar-refractivity contribution in [2.45, 2.75) is 51.7 Å². The number of ether oxygens (including phenoxy) is 2. The third-order valence-corrected chi connectivity index (χ3v) is 5.60. The van der Waals surface area contributed by atoms with Gasteiger partial charge in [-0.15, -0.1) is 11.3 Å². The third-order valence-electron chi connectivity index (χ3n) is 4.69. The topological polar surface area (TPSA) is 51.7 Å². The summed E-state index contributed by atoms with van der Waals surface area (Å²) in [5, 5.41) is 2.86. The number of hydrogen-bond donors (Lipinski definition) is 0. The number of benzene rings is 1. The van der Waals surface area contributed by atoms with Gasteiger partial charge >= 0.3 is 6.09 Å². The lowest BCUT2D eigenvalue weighted by Gasteiger charge is -2.32. The number of hydrogen-bond acceptors (Lipinski definition) is 5. The Kier molecular flexibility index (Phi) is 6.35. The molecule has 1 aliphatic rings. The molecule has 0 unspecified atom stereocenters. The number of carbonyl (C=O) groups is 1. The minimum absolute atomic E-state index is 0.253. The highest BCUT2D eigenvalue weighted by molar-refractivity contribution is 7.13. The van der Waals surface area contributed by atoms with Crippen molar-refractivity contribution < 1.29 is 18.7 Å². The molecule has 0 N–H and O–H groups in total. The fraction of sp³-hybridized carbons (Fsp3) is 0.524. The molecule has 0 saturated carbocycles. The highest BCUT2D eigenvalue weighted by Crippen LogP contribution is 2.33. The second kappa shape index (κ2) is 8.57. The molecule has 0 spiro atoms. The van der Waals surface area contributed by atoms with Crippen LogP contribution in [0.4, 0.5) is 9.18 Å². The molecule has 3 rings (SSSR count). The molecule has 1 fully saturated rings. The van der Waals surface area contributed by atoms with Crippen LogP contribution in [0, 0.1) is 5.82 Å². The molecule has 1 aliphatic heterocycles. The molecule has 5 nitrogen and oxygen atoms in total. The predicted octanol–water partition coefficient (Wildman–Crippen LogP) is 5.21. The Morgan fingerprint density at radius 2 is 2.04 bits per heavy atom. The predicted molar refractivity (Wildman–Crippen MR) is 108 cm³/mol. The number of amides is 1. The number of aromatic nitrogens is 1. The van der Waals surface area contributed by atoms with Crippen molar-refractivity contribution in [3.05, 3.63) is 40.7 Å². The number of nitrogens with zero attached hydrogens (tertiary/aromatic N) is 2. The van der Waals surface area contributed by atoms with Gasteiger partial charge in [0.05, 0.1) is 12.3 Å². The Bertz CT molecular complexity index is 823. The van der Waals surface area contributed by atoms with Crippen molar-refractivity contribution in [1.29, 1.82) is 0 Å². The maximum atomic E-state index is 14.2. The molecule has 0 radical (unpaired) electrons. The molecule has 1 saturated heterocycles. The van der Waals surface area contributed by atoms with E-state index < -0.39 is 5.60 Å². The lowest BCUT2D eigenvalue weighted by Crippen LogP contribution is -2.41. The van der Waals surface area contributed by atoms with Gasteiger partial charge in [-0.3, -0.25) is 0 Å². The Morgan fingerprint density at radius 1 is 1.32 bits per heavy atom. The van der Waals surface area contributed by atoms with Gasteiger partial charge in [0, 0.05) is 42.6 Å². The molecule has 7 heteroatoms. The third kappa shape index (κ3) is 5.08. The number of likely N-dealkylation sites (tertiary alicyclic amines) is 1. The largest absolute Gasteiger partial charge is 0.444 e. The average Bonchev–Trinajstić information content (AvgIpc) is 3.12. The van der Waals surface area contributed by atoms with E-state index in [9.17, 15) is 9.18 Å². The Morgan fingerprint density at radius 3 is 2.64 bits per heavy atom. The van der Waals surface area contributed by atoms with E-state index in [4.69, 9.17) is 14.5 Å². The highest BCUT2D eigenvalue weighted by atomic mass is 32.1. The van der Waals surface area contributed by atoms with Crippen LogP contribution in [0.25, 0.3) is 10.6 Å². The first-order valence-corrected chi connectivity index (χ1v) is 10.4. The van der Waals surface area contributed by atoms with Crippen LogP contribution in [0.15, 0.2) is 23.6 Å². The van der Waals surface area contributed by atoms with Crippen molar-refractivity contribution in [2.24, 2.45) is 0 Å². The van der Waals surface area contributed by atoms with Gasteiger partial charge in [0.15, 0.2) is 0 Å². The smallest absolute Gasteiger partial charge is 0.410 e. The zero-order valence-corrected chi connectivity index (χ0v) is 17.6. The Balaban J connectivity index is 1.62. The van der Waals surface area contributed by atoms with E-state index in [-0.39, 0.29) is 18.5 Å². The van der Waals surface area contributed by atoms with E-state index in [0.29, 0.717) is 24.6 Å². The summed E-state index contributed by atoms with van der Waals surface area (Å²) in [6, 6.07) is 5.14. The number of halogens is 1. The first-order chi connectivity index (χ1) is 13.3. The van der Waals surface area contributed by atoms with Crippen molar-refractivity contribution in [3.63, 3.8) is 0 Å². The minimum Gasteiger partial charge on any atom is -0.444 e. The van der Waals surface area contributed by atoms with E-state index in [1.165, 1.54) is 17.4 Å². The van der Waals surface area contributed by atoms with E-state index in [1.54, 1.807) is 18.1 Å². The summed E-state index contributed by atoms with van der Waals surface area (Å²) in [6.45, 7) is 7.20. The van der Waals surface area contributed by atoms with Crippen LogP contribution in [-0.4, -0.2) is 41.8 Å². The molecule has 2 aromatic rings. The van der Waals surface area contributed by atoms with E-state index in [1.807, 2.05) is 32.2 Å². The van der Waals surface area contributed by atoms with Crippen LogP contribution < -0.4 is 0 Å². The van der Waals surface area contributed by atoms with Crippen molar-refractivity contribution >= 4 is 17.4 Å². The zero-order valence-electron chi connectivity index (χ0n) is 16.8. The molecule has 1 aromatic heterocycles. The summed E-state index contributed by atoms with van der Waals surface area (Å²) >= 11 is 1.52. The molecule has 0 aliphatic carbocycles. The average molecular weight is 407 g/mol. The molecule has 1 aromatic carbocycles. The first kappa shape index (κ1) is 20.7. The summed E-state index contributed by atoms with van der Waals surface area (Å²) in [4.78, 5) is 18.7. The van der Waals surface area contributed by atoms with Crippen LogP contribution in [0.1, 0.15) is 50.8 Å². The number of thiazole rings is 1. The second-order valence-electron chi connectivity index (χ2n) is 8.06. The number of carbonyl (C=O) groups excluding carboxylic acids is 1. The van der Waals surface area contributed by atoms with Crippen LogP contribution in [0.2, 0.25) is 0 Å². The minimum atomic E-state index is -0.480.